The fraction of sp³-hybridized carbons (Fsp3) is 0.571. The van der Waals surface area contributed by atoms with Crippen LogP contribution in [0.25, 0.3) is 11.0 Å². The van der Waals surface area contributed by atoms with Crippen molar-refractivity contribution in [1.82, 2.24) is 20.2 Å². The molecule has 0 bridgehead atoms. The summed E-state index contributed by atoms with van der Waals surface area (Å²) in [7, 11) is 0. The number of nitrogens with one attached hydrogen (secondary N) is 2. The average molecular weight is 368 g/mol. The maximum Gasteiger partial charge on any atom is 0.251 e. The third-order valence-electron chi connectivity index (χ3n) is 5.70. The minimum atomic E-state index is -0.392. The molecule has 2 atom stereocenters. The molecule has 6 nitrogen and oxygen atoms in total. The van der Waals surface area contributed by atoms with Gasteiger partial charge in [0.25, 0.3) is 5.91 Å². The summed E-state index contributed by atoms with van der Waals surface area (Å²) in [6.07, 6.45) is 2.40. The van der Waals surface area contributed by atoms with E-state index in [4.69, 9.17) is 0 Å². The number of rotatable bonds is 3. The van der Waals surface area contributed by atoms with Crippen LogP contribution in [0.4, 0.5) is 0 Å². The minimum absolute atomic E-state index is 0.0236. The molecule has 2 amide bonds. The van der Waals surface area contributed by atoms with Gasteiger partial charge in [-0.25, -0.2) is 4.98 Å². The summed E-state index contributed by atoms with van der Waals surface area (Å²) in [5.74, 6) is 1.91. The van der Waals surface area contributed by atoms with Crippen molar-refractivity contribution in [1.29, 1.82) is 0 Å². The van der Waals surface area contributed by atoms with Gasteiger partial charge in [-0.15, -0.1) is 0 Å². The van der Waals surface area contributed by atoms with Crippen LogP contribution in [0.5, 0.6) is 0 Å². The number of carbonyl (C=O) groups excluding carboxylic acids is 2. The second kappa shape index (κ2) is 6.36. The number of benzene rings is 1. The number of aromatic amines is 1. The first-order chi connectivity index (χ1) is 12.7. The fourth-order valence-electron chi connectivity index (χ4n) is 4.15. The Morgan fingerprint density at radius 2 is 1.96 bits per heavy atom. The van der Waals surface area contributed by atoms with Gasteiger partial charge in [0, 0.05) is 30.0 Å². The van der Waals surface area contributed by atoms with Crippen molar-refractivity contribution in [3.05, 3.63) is 29.6 Å². The van der Waals surface area contributed by atoms with Crippen molar-refractivity contribution in [3.63, 3.8) is 0 Å². The van der Waals surface area contributed by atoms with Crippen LogP contribution >= 0.6 is 0 Å². The van der Waals surface area contributed by atoms with Crippen molar-refractivity contribution < 1.29 is 9.59 Å². The molecule has 0 unspecified atom stereocenters. The van der Waals surface area contributed by atoms with Crippen LogP contribution < -0.4 is 5.32 Å². The third-order valence-corrected chi connectivity index (χ3v) is 5.70. The summed E-state index contributed by atoms with van der Waals surface area (Å²) >= 11 is 0. The summed E-state index contributed by atoms with van der Waals surface area (Å²) in [5.41, 5.74) is 1.97. The Hall–Kier alpha value is -2.37. The number of nitrogens with zero attached hydrogens (tertiary/aromatic N) is 2. The van der Waals surface area contributed by atoms with Gasteiger partial charge < -0.3 is 15.2 Å². The van der Waals surface area contributed by atoms with Crippen molar-refractivity contribution in [2.24, 2.45) is 17.3 Å². The number of hydrogen-bond acceptors (Lipinski definition) is 3. The highest BCUT2D eigenvalue weighted by molar-refractivity contribution is 5.97. The van der Waals surface area contributed by atoms with E-state index in [0.717, 1.165) is 23.4 Å². The van der Waals surface area contributed by atoms with E-state index in [0.29, 0.717) is 23.9 Å². The first-order valence-corrected chi connectivity index (χ1v) is 9.79. The number of aryl methyl sites for hydroxylation is 1. The van der Waals surface area contributed by atoms with Crippen LogP contribution in [0.3, 0.4) is 0 Å². The van der Waals surface area contributed by atoms with E-state index in [9.17, 15) is 9.59 Å². The quantitative estimate of drug-likeness (QED) is 0.874. The van der Waals surface area contributed by atoms with E-state index in [-0.39, 0.29) is 17.9 Å². The van der Waals surface area contributed by atoms with E-state index in [1.54, 1.807) is 0 Å². The highest BCUT2D eigenvalue weighted by Gasteiger charge is 2.45. The lowest BCUT2D eigenvalue weighted by atomic mass is 9.95. The molecule has 1 aromatic heterocycles. The summed E-state index contributed by atoms with van der Waals surface area (Å²) in [5, 5.41) is 3.21. The molecule has 2 N–H and O–H groups in total. The molecule has 1 saturated heterocycles. The average Bonchev–Trinajstić information content (AvgIpc) is 3.24. The van der Waals surface area contributed by atoms with E-state index >= 15 is 0 Å². The molecule has 0 spiro atoms. The normalized spacial score (nSPS) is 23.0. The van der Waals surface area contributed by atoms with Crippen LogP contribution in [0.15, 0.2) is 18.2 Å². The van der Waals surface area contributed by atoms with Gasteiger partial charge in [0.1, 0.15) is 5.82 Å². The van der Waals surface area contributed by atoms with E-state index in [1.165, 1.54) is 12.8 Å². The van der Waals surface area contributed by atoms with Crippen molar-refractivity contribution in [2.75, 3.05) is 13.1 Å². The molecule has 2 aromatic rings. The molecule has 6 heteroatoms. The maximum absolute atomic E-state index is 12.9. The number of amides is 2. The van der Waals surface area contributed by atoms with Crippen LogP contribution in [0, 0.1) is 24.2 Å². The summed E-state index contributed by atoms with van der Waals surface area (Å²) in [4.78, 5) is 35.1. The molecule has 1 aromatic carbocycles. The maximum atomic E-state index is 12.9. The lowest BCUT2D eigenvalue weighted by Gasteiger charge is -2.25. The lowest BCUT2D eigenvalue weighted by Crippen LogP contribution is -2.43. The molecular formula is C21H28N4O2. The topological polar surface area (TPSA) is 78.1 Å². The van der Waals surface area contributed by atoms with E-state index in [2.05, 4.69) is 15.3 Å². The second-order valence-corrected chi connectivity index (χ2v) is 9.10. The van der Waals surface area contributed by atoms with Gasteiger partial charge >= 0.3 is 0 Å². The predicted octanol–water partition coefficient (Wildman–Crippen LogP) is 2.88. The third kappa shape index (κ3) is 3.57. The van der Waals surface area contributed by atoms with Crippen molar-refractivity contribution in [3.8, 4) is 0 Å². The largest absolute Gasteiger partial charge is 0.347 e. The van der Waals surface area contributed by atoms with Crippen molar-refractivity contribution in [2.45, 2.75) is 46.6 Å². The number of H-pyrrole nitrogens is 1. The molecule has 2 aliphatic rings. The monoisotopic (exact) mass is 368 g/mol. The number of likely N-dealkylation sites (tertiary alicyclic amines) is 1. The van der Waals surface area contributed by atoms with Crippen molar-refractivity contribution >= 4 is 22.8 Å². The number of imidazole rings is 1. The van der Waals surface area contributed by atoms with E-state index < -0.39 is 5.41 Å². The Morgan fingerprint density at radius 1 is 1.22 bits per heavy atom. The molecule has 2 fully saturated rings. The van der Waals surface area contributed by atoms with Gasteiger partial charge in [-0.05, 0) is 43.9 Å². The first kappa shape index (κ1) is 18.0. The van der Waals surface area contributed by atoms with Crippen LogP contribution in [0.1, 0.15) is 49.8 Å². The molecule has 27 heavy (non-hydrogen) atoms. The molecule has 1 aliphatic carbocycles. The minimum Gasteiger partial charge on any atom is -0.347 e. The predicted molar refractivity (Wildman–Crippen MR) is 104 cm³/mol. The lowest BCUT2D eigenvalue weighted by molar-refractivity contribution is -0.138. The summed E-state index contributed by atoms with van der Waals surface area (Å²) in [6.45, 7) is 9.12. The number of fused-ring (bicyclic) bond motifs is 1. The Bertz CT molecular complexity index is 891. The zero-order valence-corrected chi connectivity index (χ0v) is 16.5. The zero-order valence-electron chi connectivity index (χ0n) is 16.5. The zero-order chi connectivity index (χ0) is 19.3. The molecule has 0 radical (unpaired) electrons. The van der Waals surface area contributed by atoms with Gasteiger partial charge in [-0.2, -0.15) is 0 Å². The van der Waals surface area contributed by atoms with Gasteiger partial charge in [-0.1, -0.05) is 20.8 Å². The number of carbonyl (C=O) groups is 2. The van der Waals surface area contributed by atoms with Gasteiger partial charge in [-0.3, -0.25) is 9.59 Å². The van der Waals surface area contributed by atoms with Crippen LogP contribution in [0.2, 0.25) is 0 Å². The first-order valence-electron chi connectivity index (χ1n) is 9.79. The van der Waals surface area contributed by atoms with Crippen LogP contribution in [-0.2, 0) is 4.79 Å². The Balaban J connectivity index is 1.50. The molecule has 144 valence electrons. The number of aromatic nitrogens is 2. The highest BCUT2D eigenvalue weighted by atomic mass is 16.2. The SMILES string of the molecule is Cc1nc2ccc(C(=O)N[C@@H]3CN(C(=O)C(C)(C)C)C[C@H]3C3CC3)cc2[nH]1. The highest BCUT2D eigenvalue weighted by Crippen LogP contribution is 2.42. The van der Waals surface area contributed by atoms with Crippen LogP contribution in [-0.4, -0.2) is 45.8 Å². The number of hydrogen-bond donors (Lipinski definition) is 2. The molecular weight excluding hydrogens is 340 g/mol. The summed E-state index contributed by atoms with van der Waals surface area (Å²) < 4.78 is 0. The fourth-order valence-corrected chi connectivity index (χ4v) is 4.15. The summed E-state index contributed by atoms with van der Waals surface area (Å²) in [6, 6.07) is 5.56. The van der Waals surface area contributed by atoms with Gasteiger partial charge in [0.15, 0.2) is 0 Å². The van der Waals surface area contributed by atoms with Gasteiger partial charge in [0.05, 0.1) is 17.1 Å². The van der Waals surface area contributed by atoms with E-state index in [1.807, 2.05) is 50.8 Å². The molecule has 4 rings (SSSR count). The Morgan fingerprint density at radius 3 is 2.63 bits per heavy atom. The molecule has 2 heterocycles. The standard InChI is InChI=1S/C21H28N4O2/c1-12-22-16-8-7-14(9-17(16)23-12)19(26)24-18-11-25(20(27)21(2,3)4)10-15(18)13-5-6-13/h7-9,13,15,18H,5-6,10-11H2,1-4H3,(H,22,23)(H,24,26)/t15-,18+/m0/s1. The molecule has 1 saturated carbocycles. The van der Waals surface area contributed by atoms with Gasteiger partial charge in [0.2, 0.25) is 5.91 Å². The smallest absolute Gasteiger partial charge is 0.251 e. The Kier molecular flexibility index (Phi) is 4.24. The Labute approximate surface area is 159 Å². The second-order valence-electron chi connectivity index (χ2n) is 9.10. The molecule has 1 aliphatic heterocycles.